The third-order valence-corrected chi connectivity index (χ3v) is 6.32. The van der Waals surface area contributed by atoms with Gasteiger partial charge in [-0.15, -0.1) is 0 Å². The highest BCUT2D eigenvalue weighted by Crippen LogP contribution is 2.25. The molecular formula is C28H39N7O6. The molecule has 1 amide bonds. The summed E-state index contributed by atoms with van der Waals surface area (Å²) in [7, 11) is 0. The Morgan fingerprint density at radius 3 is 2.20 bits per heavy atom. The molecule has 13 heteroatoms. The first-order valence-electron chi connectivity index (χ1n) is 13.8. The lowest BCUT2D eigenvalue weighted by Gasteiger charge is -2.41. The molecule has 1 atom stereocenters. The van der Waals surface area contributed by atoms with Crippen LogP contribution >= 0.6 is 0 Å². The molecule has 2 aromatic rings. The van der Waals surface area contributed by atoms with E-state index in [1.165, 1.54) is 12.4 Å². The molecule has 222 valence electrons. The molecule has 0 aromatic carbocycles. The van der Waals surface area contributed by atoms with Crippen molar-refractivity contribution in [2.24, 2.45) is 0 Å². The molecule has 4 rings (SSSR count). The minimum absolute atomic E-state index is 0.232. The summed E-state index contributed by atoms with van der Waals surface area (Å²) < 4.78 is 16.3. The van der Waals surface area contributed by atoms with E-state index in [1.807, 2.05) is 46.4 Å². The molecule has 0 N–H and O–H groups in total. The van der Waals surface area contributed by atoms with E-state index in [0.717, 1.165) is 11.3 Å². The van der Waals surface area contributed by atoms with Crippen LogP contribution in [0.5, 0.6) is 0 Å². The molecule has 0 aliphatic carbocycles. The Labute approximate surface area is 240 Å². The third-order valence-electron chi connectivity index (χ3n) is 6.32. The predicted molar refractivity (Wildman–Crippen MR) is 150 cm³/mol. The van der Waals surface area contributed by atoms with Gasteiger partial charge in [-0.1, -0.05) is 0 Å². The van der Waals surface area contributed by atoms with Crippen molar-refractivity contribution in [3.8, 4) is 0 Å². The summed E-state index contributed by atoms with van der Waals surface area (Å²) in [5, 5.41) is 0. The third kappa shape index (κ3) is 7.59. The molecule has 13 nitrogen and oxygen atoms in total. The van der Waals surface area contributed by atoms with E-state index in [-0.39, 0.29) is 24.8 Å². The van der Waals surface area contributed by atoms with Gasteiger partial charge in [0.05, 0.1) is 31.0 Å². The Bertz CT molecular complexity index is 1270. The minimum Gasteiger partial charge on any atom is -0.462 e. The van der Waals surface area contributed by atoms with Crippen LogP contribution in [0.2, 0.25) is 0 Å². The number of rotatable bonds is 5. The van der Waals surface area contributed by atoms with Crippen molar-refractivity contribution in [1.82, 2.24) is 24.8 Å². The van der Waals surface area contributed by atoms with Gasteiger partial charge >= 0.3 is 18.0 Å². The molecule has 1 saturated heterocycles. The van der Waals surface area contributed by atoms with E-state index in [0.29, 0.717) is 44.5 Å². The second-order valence-corrected chi connectivity index (χ2v) is 12.0. The lowest BCUT2D eigenvalue weighted by Crippen LogP contribution is -2.58. The van der Waals surface area contributed by atoms with Crippen LogP contribution in [0.3, 0.4) is 0 Å². The number of anilines is 2. The number of esters is 2. The number of hydrogen-bond donors (Lipinski definition) is 0. The van der Waals surface area contributed by atoms with Crippen LogP contribution in [0.25, 0.3) is 0 Å². The Balaban J connectivity index is 1.52. The van der Waals surface area contributed by atoms with Crippen molar-refractivity contribution in [2.45, 2.75) is 78.7 Å². The van der Waals surface area contributed by atoms with Gasteiger partial charge in [-0.05, 0) is 48.5 Å². The fraction of sp³-hybridized carbons (Fsp3) is 0.607. The number of aromatic nitrogens is 4. The molecule has 4 heterocycles. The fourth-order valence-corrected chi connectivity index (χ4v) is 4.51. The molecule has 1 fully saturated rings. The Morgan fingerprint density at radius 2 is 1.56 bits per heavy atom. The topological polar surface area (TPSA) is 140 Å². The fourth-order valence-electron chi connectivity index (χ4n) is 4.51. The van der Waals surface area contributed by atoms with Gasteiger partial charge in [-0.25, -0.2) is 34.3 Å². The molecule has 0 saturated carbocycles. The van der Waals surface area contributed by atoms with Crippen molar-refractivity contribution in [3.05, 3.63) is 35.4 Å². The zero-order valence-electron chi connectivity index (χ0n) is 24.8. The summed E-state index contributed by atoms with van der Waals surface area (Å²) in [5.74, 6) is -0.124. The number of ether oxygens (including phenoxy) is 3. The molecular weight excluding hydrogens is 530 g/mol. The van der Waals surface area contributed by atoms with Gasteiger partial charge < -0.3 is 28.9 Å². The molecule has 41 heavy (non-hydrogen) atoms. The maximum atomic E-state index is 13.4. The van der Waals surface area contributed by atoms with Crippen molar-refractivity contribution in [1.29, 1.82) is 0 Å². The largest absolute Gasteiger partial charge is 0.462 e. The van der Waals surface area contributed by atoms with Crippen molar-refractivity contribution in [2.75, 3.05) is 42.6 Å². The Kier molecular flexibility index (Phi) is 8.64. The van der Waals surface area contributed by atoms with Crippen LogP contribution < -0.4 is 9.80 Å². The van der Waals surface area contributed by atoms with Crippen molar-refractivity contribution < 1.29 is 28.6 Å². The van der Waals surface area contributed by atoms with Gasteiger partial charge in [0.25, 0.3) is 0 Å². The number of fused-ring (bicyclic) bond motifs is 1. The van der Waals surface area contributed by atoms with E-state index in [2.05, 4.69) is 15.0 Å². The first kappa shape index (κ1) is 29.9. The van der Waals surface area contributed by atoms with Crippen LogP contribution in [0, 0.1) is 0 Å². The summed E-state index contributed by atoms with van der Waals surface area (Å²) in [6, 6.07) is -0.737. The maximum absolute atomic E-state index is 13.4. The first-order chi connectivity index (χ1) is 19.2. The van der Waals surface area contributed by atoms with E-state index in [1.54, 1.807) is 22.9 Å². The summed E-state index contributed by atoms with van der Waals surface area (Å²) in [4.78, 5) is 61.4. The van der Waals surface area contributed by atoms with Gasteiger partial charge in [-0.3, -0.25) is 0 Å². The lowest BCUT2D eigenvalue weighted by molar-refractivity contribution is -0.156. The summed E-state index contributed by atoms with van der Waals surface area (Å²) >= 11 is 0. The summed E-state index contributed by atoms with van der Waals surface area (Å²) in [6.07, 6.45) is 4.74. The zero-order chi connectivity index (χ0) is 29.9. The molecule has 2 aliphatic heterocycles. The zero-order valence-corrected chi connectivity index (χ0v) is 24.8. The number of carbonyl (C=O) groups is 3. The maximum Gasteiger partial charge on any atom is 0.410 e. The average molecular weight is 570 g/mol. The quantitative estimate of drug-likeness (QED) is 0.386. The smallest absolute Gasteiger partial charge is 0.410 e. The number of piperazine rings is 1. The summed E-state index contributed by atoms with van der Waals surface area (Å²) in [6.45, 7) is 15.0. The molecule has 2 aliphatic rings. The van der Waals surface area contributed by atoms with E-state index in [9.17, 15) is 14.4 Å². The molecule has 1 unspecified atom stereocenters. The Hall–Kier alpha value is -4.03. The lowest BCUT2D eigenvalue weighted by atomic mass is 10.1. The number of nitrogens with zero attached hydrogens (tertiary/aromatic N) is 7. The van der Waals surface area contributed by atoms with Crippen molar-refractivity contribution in [3.63, 3.8) is 0 Å². The monoisotopic (exact) mass is 569 g/mol. The number of amides is 1. The number of carbonyl (C=O) groups excluding carboxylic acids is 3. The van der Waals surface area contributed by atoms with Crippen LogP contribution in [0.1, 0.15) is 70.1 Å². The minimum atomic E-state index is -0.737. The van der Waals surface area contributed by atoms with Crippen LogP contribution in [0.4, 0.5) is 16.7 Å². The van der Waals surface area contributed by atoms with E-state index in [4.69, 9.17) is 19.2 Å². The normalized spacial score (nSPS) is 17.5. The van der Waals surface area contributed by atoms with E-state index >= 15 is 0 Å². The highest BCUT2D eigenvalue weighted by Gasteiger charge is 2.38. The van der Waals surface area contributed by atoms with Crippen LogP contribution in [-0.2, 0) is 32.0 Å². The SMILES string of the molecule is CCOC(=O)c1cnc(N2CCN(c3ncc4c(n3)CCN(C(=O)OC(C)(C)C)C4)CC2C(=O)OC(C)(C)C)nc1. The molecule has 0 bridgehead atoms. The number of hydrogen-bond acceptors (Lipinski definition) is 12. The molecule has 0 radical (unpaired) electrons. The van der Waals surface area contributed by atoms with E-state index < -0.39 is 29.2 Å². The van der Waals surface area contributed by atoms with Gasteiger partial charge in [-0.2, -0.15) is 0 Å². The molecule has 0 spiro atoms. The highest BCUT2D eigenvalue weighted by atomic mass is 16.6. The van der Waals surface area contributed by atoms with Crippen LogP contribution in [0.15, 0.2) is 18.6 Å². The predicted octanol–water partition coefficient (Wildman–Crippen LogP) is 2.77. The second kappa shape index (κ2) is 11.8. The Morgan fingerprint density at radius 1 is 0.902 bits per heavy atom. The summed E-state index contributed by atoms with van der Waals surface area (Å²) in [5.41, 5.74) is 0.698. The van der Waals surface area contributed by atoms with Crippen LogP contribution in [-0.4, -0.2) is 92.9 Å². The van der Waals surface area contributed by atoms with Crippen molar-refractivity contribution >= 4 is 29.9 Å². The average Bonchev–Trinajstić information content (AvgIpc) is 2.90. The van der Waals surface area contributed by atoms with Gasteiger partial charge in [0, 0.05) is 50.2 Å². The van der Waals surface area contributed by atoms with Gasteiger partial charge in [0.1, 0.15) is 17.2 Å². The second-order valence-electron chi connectivity index (χ2n) is 12.0. The highest BCUT2D eigenvalue weighted by molar-refractivity contribution is 5.88. The molecule has 2 aromatic heterocycles. The van der Waals surface area contributed by atoms with Gasteiger partial charge in [0.2, 0.25) is 11.9 Å². The standard InChI is InChI=1S/C28H39N7O6/c1-8-39-22(36)18-13-29-24(30-14-18)35-12-11-33(17-21(35)23(37)40-27(2,3)4)25-31-15-19-16-34(10-9-20(19)32-25)26(38)41-28(5,6)7/h13-15,21H,8-12,16-17H2,1-7H3. The first-order valence-corrected chi connectivity index (χ1v) is 13.8. The van der Waals surface area contributed by atoms with Gasteiger partial charge in [0.15, 0.2) is 0 Å².